The maximum atomic E-state index is 13.4. The van der Waals surface area contributed by atoms with Crippen LogP contribution in [0.1, 0.15) is 19.3 Å². The fourth-order valence-electron chi connectivity index (χ4n) is 2.05. The first kappa shape index (κ1) is 10.1. The Kier molecular flexibility index (Phi) is 1.72. The fraction of sp³-hybridized carbons (Fsp3) is 1.00. The van der Waals surface area contributed by atoms with Gasteiger partial charge in [-0.15, -0.1) is 0 Å². The Morgan fingerprint density at radius 2 is 1.43 bits per heavy atom. The summed E-state index contributed by atoms with van der Waals surface area (Å²) in [5, 5.41) is 0. The Bertz CT molecular complexity index is 259. The minimum Gasteiger partial charge on any atom is -0.237 e. The zero-order valence-electron chi connectivity index (χ0n) is 7.04. The molecule has 0 aromatic rings. The third-order valence-corrected chi connectivity index (χ3v) is 3.29. The van der Waals surface area contributed by atoms with Crippen LogP contribution in [-0.4, -0.2) is 23.7 Å². The second-order valence-corrected chi connectivity index (χ2v) is 3.96. The van der Waals surface area contributed by atoms with Gasteiger partial charge in [-0.25, -0.2) is 8.78 Å². The number of hydrogen-bond donors (Lipinski definition) is 0. The van der Waals surface area contributed by atoms with Crippen molar-refractivity contribution in [2.24, 2.45) is 5.92 Å². The van der Waals surface area contributed by atoms with Crippen molar-refractivity contribution >= 4 is 0 Å². The van der Waals surface area contributed by atoms with Gasteiger partial charge in [-0.05, 0) is 12.8 Å². The molecule has 2 saturated carbocycles. The van der Waals surface area contributed by atoms with Gasteiger partial charge in [-0.1, -0.05) is 6.42 Å². The predicted octanol–water partition coefficient (Wildman–Crippen LogP) is 3.12. The van der Waals surface area contributed by atoms with Crippen LogP contribution in [0, 0.1) is 5.92 Å². The molecule has 14 heavy (non-hydrogen) atoms. The van der Waals surface area contributed by atoms with E-state index in [4.69, 9.17) is 0 Å². The lowest BCUT2D eigenvalue weighted by atomic mass is 9.59. The molecule has 2 atom stereocenters. The Balaban J connectivity index is 2.29. The molecule has 6 heteroatoms. The zero-order chi connectivity index (χ0) is 10.8. The summed E-state index contributed by atoms with van der Waals surface area (Å²) in [6.45, 7) is 0. The van der Waals surface area contributed by atoms with Gasteiger partial charge < -0.3 is 0 Å². The lowest BCUT2D eigenvalue weighted by Crippen LogP contribution is -2.81. The summed E-state index contributed by atoms with van der Waals surface area (Å²) in [5.41, 5.74) is -3.64. The van der Waals surface area contributed by atoms with Gasteiger partial charge in [-0.3, -0.25) is 0 Å². The third-order valence-electron chi connectivity index (χ3n) is 3.29. The van der Waals surface area contributed by atoms with Gasteiger partial charge in [0.2, 0.25) is 11.8 Å². The SMILES string of the molecule is FC1C(F)(F)C(F)(F)C1(F)C1CCC1. The minimum absolute atomic E-state index is 0.0581. The van der Waals surface area contributed by atoms with Crippen molar-refractivity contribution in [1.29, 1.82) is 0 Å². The molecule has 2 unspecified atom stereocenters. The van der Waals surface area contributed by atoms with E-state index in [9.17, 15) is 26.3 Å². The maximum absolute atomic E-state index is 13.4. The summed E-state index contributed by atoms with van der Waals surface area (Å²) < 4.78 is 76.3. The second-order valence-electron chi connectivity index (χ2n) is 3.96. The lowest BCUT2D eigenvalue weighted by Gasteiger charge is -2.56. The normalized spacial score (nSPS) is 45.4. The first-order chi connectivity index (χ1) is 6.26. The Labute approximate surface area is 76.3 Å². The van der Waals surface area contributed by atoms with Gasteiger partial charge in [0, 0.05) is 5.92 Å². The van der Waals surface area contributed by atoms with Crippen LogP contribution in [0.2, 0.25) is 0 Å². The molecule has 0 aromatic carbocycles. The monoisotopic (exact) mass is 218 g/mol. The van der Waals surface area contributed by atoms with Crippen LogP contribution < -0.4 is 0 Å². The topological polar surface area (TPSA) is 0 Å². The van der Waals surface area contributed by atoms with E-state index in [0.29, 0.717) is 6.42 Å². The molecule has 0 saturated heterocycles. The Morgan fingerprint density at radius 3 is 1.71 bits per heavy atom. The number of hydrogen-bond acceptors (Lipinski definition) is 0. The molecule has 0 aliphatic heterocycles. The molecule has 0 N–H and O–H groups in total. The summed E-state index contributed by atoms with van der Waals surface area (Å²) in [7, 11) is 0. The highest BCUT2D eigenvalue weighted by Crippen LogP contribution is 2.66. The molecule has 2 aliphatic rings. The van der Waals surface area contributed by atoms with E-state index in [2.05, 4.69) is 0 Å². The van der Waals surface area contributed by atoms with Gasteiger partial charge in [0.15, 0.2) is 0 Å². The van der Waals surface area contributed by atoms with Crippen LogP contribution in [0.25, 0.3) is 0 Å². The Morgan fingerprint density at radius 1 is 0.929 bits per heavy atom. The summed E-state index contributed by atoms with van der Waals surface area (Å²) in [6, 6.07) is 0. The molecule has 0 radical (unpaired) electrons. The van der Waals surface area contributed by atoms with Crippen molar-refractivity contribution < 1.29 is 26.3 Å². The molecule has 0 heterocycles. The van der Waals surface area contributed by atoms with Crippen molar-refractivity contribution in [2.45, 2.75) is 42.9 Å². The highest BCUT2D eigenvalue weighted by atomic mass is 19.3. The smallest absolute Gasteiger partial charge is 0.237 e. The van der Waals surface area contributed by atoms with Crippen molar-refractivity contribution in [3.8, 4) is 0 Å². The van der Waals surface area contributed by atoms with Gasteiger partial charge in [-0.2, -0.15) is 17.6 Å². The van der Waals surface area contributed by atoms with Crippen LogP contribution in [-0.2, 0) is 0 Å². The van der Waals surface area contributed by atoms with Crippen molar-refractivity contribution in [2.75, 3.05) is 0 Å². The first-order valence-corrected chi connectivity index (χ1v) is 4.35. The molecule has 0 amide bonds. The fourth-order valence-corrected chi connectivity index (χ4v) is 2.05. The molecule has 82 valence electrons. The van der Waals surface area contributed by atoms with Gasteiger partial charge >= 0.3 is 11.8 Å². The van der Waals surface area contributed by atoms with E-state index in [1.165, 1.54) is 0 Å². The highest BCUT2D eigenvalue weighted by molar-refractivity contribution is 5.25. The molecule has 0 aromatic heterocycles. The van der Waals surface area contributed by atoms with Gasteiger partial charge in [0.1, 0.15) is 0 Å². The molecular formula is C8H8F6. The van der Waals surface area contributed by atoms with Crippen molar-refractivity contribution in [3.63, 3.8) is 0 Å². The van der Waals surface area contributed by atoms with Gasteiger partial charge in [0.25, 0.3) is 0 Å². The average molecular weight is 218 g/mol. The van der Waals surface area contributed by atoms with E-state index < -0.39 is 29.6 Å². The van der Waals surface area contributed by atoms with E-state index in [-0.39, 0.29) is 12.8 Å². The summed E-state index contributed by atoms with van der Waals surface area (Å²) in [5.74, 6) is -11.0. The van der Waals surface area contributed by atoms with Crippen LogP contribution in [0.4, 0.5) is 26.3 Å². The molecule has 2 aliphatic carbocycles. The molecule has 0 spiro atoms. The lowest BCUT2D eigenvalue weighted by molar-refractivity contribution is -0.411. The van der Waals surface area contributed by atoms with Crippen LogP contribution in [0.3, 0.4) is 0 Å². The molecule has 2 rings (SSSR count). The standard InChI is InChI=1S/C8H8F6/c9-5-6(10,4-2-1-3-4)8(13,14)7(5,11)12/h4-5H,1-3H2. The number of alkyl halides is 6. The molecular weight excluding hydrogens is 210 g/mol. The quantitative estimate of drug-likeness (QED) is 0.593. The minimum atomic E-state index is -4.86. The van der Waals surface area contributed by atoms with E-state index >= 15 is 0 Å². The number of rotatable bonds is 1. The number of halogens is 6. The molecule has 2 fully saturated rings. The molecule has 0 bridgehead atoms. The van der Waals surface area contributed by atoms with Crippen molar-refractivity contribution in [3.05, 3.63) is 0 Å². The van der Waals surface area contributed by atoms with Crippen molar-refractivity contribution in [1.82, 2.24) is 0 Å². The average Bonchev–Trinajstić information content (AvgIpc) is 1.98. The summed E-state index contributed by atoms with van der Waals surface area (Å²) in [4.78, 5) is 0. The van der Waals surface area contributed by atoms with E-state index in [1.54, 1.807) is 0 Å². The maximum Gasteiger partial charge on any atom is 0.349 e. The van der Waals surface area contributed by atoms with Gasteiger partial charge in [0.05, 0.1) is 0 Å². The zero-order valence-corrected chi connectivity index (χ0v) is 7.04. The summed E-state index contributed by atoms with van der Waals surface area (Å²) >= 11 is 0. The van der Waals surface area contributed by atoms with Crippen LogP contribution in [0.5, 0.6) is 0 Å². The van der Waals surface area contributed by atoms with Crippen LogP contribution >= 0.6 is 0 Å². The third kappa shape index (κ3) is 0.750. The van der Waals surface area contributed by atoms with E-state index in [0.717, 1.165) is 0 Å². The van der Waals surface area contributed by atoms with Crippen LogP contribution in [0.15, 0.2) is 0 Å². The second kappa shape index (κ2) is 2.39. The summed E-state index contributed by atoms with van der Waals surface area (Å²) in [6.07, 6.45) is -2.76. The predicted molar refractivity (Wildman–Crippen MR) is 36.0 cm³/mol. The van der Waals surface area contributed by atoms with E-state index in [1.807, 2.05) is 0 Å². The first-order valence-electron chi connectivity index (χ1n) is 4.35. The largest absolute Gasteiger partial charge is 0.349 e. The molecule has 0 nitrogen and oxygen atoms in total. The Hall–Kier alpha value is -0.420. The highest BCUT2D eigenvalue weighted by Gasteiger charge is 2.91.